The summed E-state index contributed by atoms with van der Waals surface area (Å²) in [5.74, 6) is 1.65. The first-order chi connectivity index (χ1) is 10.3. The molecule has 1 aliphatic rings. The summed E-state index contributed by atoms with van der Waals surface area (Å²) in [5, 5.41) is 4.50. The molecule has 21 heavy (non-hydrogen) atoms. The Bertz CT molecular complexity index is 605. The topological polar surface area (TPSA) is 34.1 Å². The normalized spacial score (nSPS) is 14.4. The number of para-hydroxylation sites is 1. The van der Waals surface area contributed by atoms with E-state index in [2.05, 4.69) is 25.2 Å². The zero-order chi connectivity index (χ0) is 14.7. The number of nitrogens with zero attached hydrogens (tertiary/aromatic N) is 1. The van der Waals surface area contributed by atoms with Crippen LogP contribution >= 0.6 is 11.3 Å². The van der Waals surface area contributed by atoms with Gasteiger partial charge in [0.25, 0.3) is 0 Å². The molecule has 0 amide bonds. The Morgan fingerprint density at radius 1 is 1.33 bits per heavy atom. The first kappa shape index (κ1) is 14.5. The predicted molar refractivity (Wildman–Crippen MR) is 87.0 cm³/mol. The lowest BCUT2D eigenvalue weighted by Gasteiger charge is -2.06. The van der Waals surface area contributed by atoms with Crippen molar-refractivity contribution >= 4 is 11.3 Å². The predicted octanol–water partition coefficient (Wildman–Crippen LogP) is 4.02. The molecule has 0 bridgehead atoms. The first-order valence-electron chi connectivity index (χ1n) is 7.65. The average Bonchev–Trinajstić information content (AvgIpc) is 3.26. The van der Waals surface area contributed by atoms with Crippen molar-refractivity contribution in [1.82, 2.24) is 10.3 Å². The lowest BCUT2D eigenvalue weighted by atomic mass is 10.2. The molecule has 1 fully saturated rings. The lowest BCUT2D eigenvalue weighted by Crippen LogP contribution is -2.11. The molecule has 1 aromatic carbocycles. The maximum absolute atomic E-state index is 5.92. The molecule has 112 valence electrons. The van der Waals surface area contributed by atoms with E-state index in [1.54, 1.807) is 11.3 Å². The van der Waals surface area contributed by atoms with Crippen molar-refractivity contribution in [2.75, 3.05) is 6.54 Å². The Hall–Kier alpha value is -1.39. The van der Waals surface area contributed by atoms with Crippen LogP contribution in [0, 0.1) is 6.92 Å². The van der Waals surface area contributed by atoms with Gasteiger partial charge >= 0.3 is 0 Å². The van der Waals surface area contributed by atoms with Crippen molar-refractivity contribution in [2.45, 2.75) is 45.8 Å². The highest BCUT2D eigenvalue weighted by Crippen LogP contribution is 2.42. The van der Waals surface area contributed by atoms with E-state index in [0.717, 1.165) is 23.8 Å². The number of rotatable bonds is 7. The molecular weight excluding hydrogens is 280 g/mol. The van der Waals surface area contributed by atoms with Gasteiger partial charge in [0, 0.05) is 17.3 Å². The number of aromatic nitrogens is 1. The molecule has 1 aliphatic carbocycles. The maximum atomic E-state index is 5.92. The summed E-state index contributed by atoms with van der Waals surface area (Å²) < 4.78 is 5.92. The summed E-state index contributed by atoms with van der Waals surface area (Å²) in [4.78, 5) is 6.21. The van der Waals surface area contributed by atoms with Crippen LogP contribution in [0.1, 0.15) is 46.8 Å². The smallest absolute Gasteiger partial charge is 0.140 e. The van der Waals surface area contributed by atoms with Crippen molar-refractivity contribution in [3.63, 3.8) is 0 Å². The van der Waals surface area contributed by atoms with Crippen LogP contribution in [0.3, 0.4) is 0 Å². The van der Waals surface area contributed by atoms with Crippen molar-refractivity contribution < 1.29 is 4.74 Å². The molecule has 3 rings (SSSR count). The minimum Gasteiger partial charge on any atom is -0.486 e. The van der Waals surface area contributed by atoms with Gasteiger partial charge in [-0.3, -0.25) is 0 Å². The largest absolute Gasteiger partial charge is 0.486 e. The minimum absolute atomic E-state index is 0.571. The monoisotopic (exact) mass is 302 g/mol. The van der Waals surface area contributed by atoms with E-state index < -0.39 is 0 Å². The molecule has 1 saturated carbocycles. The lowest BCUT2D eigenvalue weighted by molar-refractivity contribution is 0.303. The van der Waals surface area contributed by atoms with Crippen LogP contribution in [0.25, 0.3) is 0 Å². The minimum atomic E-state index is 0.571. The van der Waals surface area contributed by atoms with Crippen LogP contribution in [0.15, 0.2) is 24.3 Å². The van der Waals surface area contributed by atoms with Gasteiger partial charge in [-0.15, -0.1) is 11.3 Å². The zero-order valence-electron chi connectivity index (χ0n) is 12.7. The van der Waals surface area contributed by atoms with Gasteiger partial charge in [0.05, 0.1) is 5.69 Å². The first-order valence-corrected chi connectivity index (χ1v) is 8.47. The molecule has 1 heterocycles. The van der Waals surface area contributed by atoms with Gasteiger partial charge in [-0.25, -0.2) is 4.98 Å². The van der Waals surface area contributed by atoms with E-state index in [9.17, 15) is 0 Å². The van der Waals surface area contributed by atoms with Gasteiger partial charge in [0.2, 0.25) is 0 Å². The van der Waals surface area contributed by atoms with Crippen LogP contribution in [-0.2, 0) is 13.2 Å². The zero-order valence-corrected chi connectivity index (χ0v) is 13.5. The van der Waals surface area contributed by atoms with Crippen LogP contribution in [-0.4, -0.2) is 11.5 Å². The fourth-order valence-electron chi connectivity index (χ4n) is 2.37. The summed E-state index contributed by atoms with van der Waals surface area (Å²) in [7, 11) is 0. The molecule has 1 N–H and O–H groups in total. The number of aryl methyl sites for hydroxylation is 1. The summed E-state index contributed by atoms with van der Waals surface area (Å²) >= 11 is 1.79. The Morgan fingerprint density at radius 2 is 2.14 bits per heavy atom. The molecular formula is C17H22N2OS. The van der Waals surface area contributed by atoms with Crippen LogP contribution in [0.5, 0.6) is 5.75 Å². The van der Waals surface area contributed by atoms with E-state index in [0.29, 0.717) is 12.5 Å². The van der Waals surface area contributed by atoms with E-state index in [1.165, 1.54) is 29.0 Å². The quantitative estimate of drug-likeness (QED) is 0.839. The molecule has 0 radical (unpaired) electrons. The van der Waals surface area contributed by atoms with E-state index in [-0.39, 0.29) is 0 Å². The number of thiazole rings is 1. The molecule has 0 aliphatic heterocycles. The van der Waals surface area contributed by atoms with Crippen molar-refractivity contribution in [3.8, 4) is 5.75 Å². The highest BCUT2D eigenvalue weighted by atomic mass is 32.1. The van der Waals surface area contributed by atoms with E-state index in [1.807, 2.05) is 18.2 Å². The van der Waals surface area contributed by atoms with Gasteiger partial charge in [-0.2, -0.15) is 0 Å². The Morgan fingerprint density at radius 3 is 2.86 bits per heavy atom. The fraction of sp³-hybridized carbons (Fsp3) is 0.471. The standard InChI is InChI=1S/C17H22N2OS/c1-3-18-10-15-17(13-8-9-13)19-16(21-15)11-20-14-7-5-4-6-12(14)2/h4-7,13,18H,3,8-11H2,1-2H3. The number of ether oxygens (including phenoxy) is 1. The Kier molecular flexibility index (Phi) is 4.56. The Labute approximate surface area is 130 Å². The molecule has 0 atom stereocenters. The third-order valence-corrected chi connectivity index (χ3v) is 4.76. The van der Waals surface area contributed by atoms with Crippen LogP contribution in [0.2, 0.25) is 0 Å². The van der Waals surface area contributed by atoms with E-state index in [4.69, 9.17) is 9.72 Å². The molecule has 0 saturated heterocycles. The second kappa shape index (κ2) is 6.58. The molecule has 4 heteroatoms. The summed E-state index contributed by atoms with van der Waals surface area (Å²) in [5.41, 5.74) is 2.48. The van der Waals surface area contributed by atoms with Gasteiger partial charge in [0.15, 0.2) is 0 Å². The molecule has 1 aromatic heterocycles. The number of hydrogen-bond donors (Lipinski definition) is 1. The molecule has 0 spiro atoms. The summed E-state index contributed by atoms with van der Waals surface area (Å²) in [6.45, 7) is 6.71. The molecule has 0 unspecified atom stereocenters. The van der Waals surface area contributed by atoms with E-state index >= 15 is 0 Å². The third-order valence-electron chi connectivity index (χ3n) is 3.72. The maximum Gasteiger partial charge on any atom is 0.140 e. The molecule has 2 aromatic rings. The summed E-state index contributed by atoms with van der Waals surface area (Å²) in [6, 6.07) is 8.13. The second-order valence-electron chi connectivity index (χ2n) is 5.52. The number of nitrogens with one attached hydrogen (secondary N) is 1. The SMILES string of the molecule is CCNCc1sc(COc2ccccc2C)nc1C1CC1. The number of hydrogen-bond acceptors (Lipinski definition) is 4. The Balaban J connectivity index is 1.69. The van der Waals surface area contributed by atoms with Crippen molar-refractivity contribution in [1.29, 1.82) is 0 Å². The fourth-order valence-corrected chi connectivity index (χ4v) is 3.41. The van der Waals surface area contributed by atoms with Crippen LogP contribution < -0.4 is 10.1 Å². The third kappa shape index (κ3) is 3.63. The van der Waals surface area contributed by atoms with Gasteiger partial charge < -0.3 is 10.1 Å². The average molecular weight is 302 g/mol. The van der Waals surface area contributed by atoms with Gasteiger partial charge in [-0.1, -0.05) is 25.1 Å². The van der Waals surface area contributed by atoms with Gasteiger partial charge in [0.1, 0.15) is 17.4 Å². The molecule has 3 nitrogen and oxygen atoms in total. The van der Waals surface area contributed by atoms with Crippen molar-refractivity contribution in [2.24, 2.45) is 0 Å². The highest BCUT2D eigenvalue weighted by Gasteiger charge is 2.29. The van der Waals surface area contributed by atoms with Gasteiger partial charge in [-0.05, 0) is 37.9 Å². The van der Waals surface area contributed by atoms with Crippen LogP contribution in [0.4, 0.5) is 0 Å². The summed E-state index contributed by atoms with van der Waals surface area (Å²) in [6.07, 6.45) is 2.59. The highest BCUT2D eigenvalue weighted by molar-refractivity contribution is 7.11. The number of benzene rings is 1. The van der Waals surface area contributed by atoms with Crippen molar-refractivity contribution in [3.05, 3.63) is 45.4 Å². The second-order valence-corrected chi connectivity index (χ2v) is 6.69.